The van der Waals surface area contributed by atoms with Gasteiger partial charge in [-0.15, -0.1) is 10.2 Å². The molecule has 1 heterocycles. The molecule has 0 bridgehead atoms. The maximum atomic E-state index is 12.3. The van der Waals surface area contributed by atoms with Crippen LogP contribution in [0, 0.1) is 0 Å². The average molecular weight is 382 g/mol. The van der Waals surface area contributed by atoms with Crippen molar-refractivity contribution in [2.45, 2.75) is 31.4 Å². The number of aromatic nitrogens is 2. The highest BCUT2D eigenvalue weighted by Gasteiger charge is 2.15. The van der Waals surface area contributed by atoms with E-state index in [1.165, 1.54) is 17.3 Å². The van der Waals surface area contributed by atoms with Gasteiger partial charge in [-0.25, -0.2) is 0 Å². The van der Waals surface area contributed by atoms with Crippen LogP contribution in [0.2, 0.25) is 0 Å². The molecule has 0 aliphatic heterocycles. The van der Waals surface area contributed by atoms with Crippen molar-refractivity contribution < 1.29 is 13.9 Å². The fraction of sp³-hybridized carbons (Fsp3) is 0.286. The fourth-order valence-corrected chi connectivity index (χ4v) is 3.14. The van der Waals surface area contributed by atoms with Crippen molar-refractivity contribution >= 4 is 17.5 Å². The first-order valence-electron chi connectivity index (χ1n) is 8.61. The van der Waals surface area contributed by atoms with Crippen molar-refractivity contribution in [3.63, 3.8) is 0 Å². The topological polar surface area (TPSA) is 65.2 Å². The van der Waals surface area contributed by atoms with Gasteiger partial charge in [-0.2, -0.15) is 0 Å². The Morgan fingerprint density at radius 3 is 2.30 bits per heavy atom. The molecule has 0 N–H and O–H groups in total. The lowest BCUT2D eigenvalue weighted by Gasteiger charge is -2.18. The van der Waals surface area contributed by atoms with Crippen molar-refractivity contribution in [1.82, 2.24) is 10.2 Å². The summed E-state index contributed by atoms with van der Waals surface area (Å²) in [7, 11) is 1.59. The van der Waals surface area contributed by atoms with E-state index >= 15 is 0 Å². The largest absolute Gasteiger partial charge is 0.497 e. The predicted octanol–water partition coefficient (Wildman–Crippen LogP) is 5.02. The van der Waals surface area contributed by atoms with Gasteiger partial charge in [-0.05, 0) is 47.4 Å². The van der Waals surface area contributed by atoms with Crippen LogP contribution >= 0.6 is 11.8 Å². The van der Waals surface area contributed by atoms with Crippen LogP contribution in [-0.4, -0.2) is 28.8 Å². The molecule has 2 aromatic carbocycles. The molecule has 0 saturated carbocycles. The Balaban J connectivity index is 1.63. The van der Waals surface area contributed by atoms with Crippen LogP contribution in [0.3, 0.4) is 0 Å². The molecule has 5 nitrogen and oxygen atoms in total. The molecule has 0 aliphatic carbocycles. The van der Waals surface area contributed by atoms with Crippen LogP contribution in [0.25, 0.3) is 11.5 Å². The monoisotopic (exact) mass is 382 g/mol. The smallest absolute Gasteiger partial charge is 0.277 e. The maximum Gasteiger partial charge on any atom is 0.277 e. The number of Topliss-reactive ketones (excluding diaryl/α,β-unsaturated/α-hetero) is 1. The highest BCUT2D eigenvalue weighted by Crippen LogP contribution is 2.27. The normalized spacial score (nSPS) is 11.4. The number of benzene rings is 2. The zero-order chi connectivity index (χ0) is 19.4. The van der Waals surface area contributed by atoms with E-state index < -0.39 is 0 Å². The number of nitrogens with zero attached hydrogens (tertiary/aromatic N) is 2. The van der Waals surface area contributed by atoms with Gasteiger partial charge in [0.1, 0.15) is 5.75 Å². The van der Waals surface area contributed by atoms with E-state index in [0.717, 1.165) is 11.3 Å². The third kappa shape index (κ3) is 4.77. The first kappa shape index (κ1) is 19.2. The number of hydrogen-bond acceptors (Lipinski definition) is 6. The molecule has 0 aliphatic rings. The van der Waals surface area contributed by atoms with Crippen molar-refractivity contribution in [3.05, 3.63) is 59.7 Å². The van der Waals surface area contributed by atoms with Gasteiger partial charge in [0.15, 0.2) is 5.78 Å². The van der Waals surface area contributed by atoms with Gasteiger partial charge < -0.3 is 9.15 Å². The SMILES string of the molecule is COc1ccc(C(=O)CSc2nnc(-c3ccc(C(C)(C)C)cc3)o2)cc1. The third-order valence-electron chi connectivity index (χ3n) is 4.14. The van der Waals surface area contributed by atoms with Crippen LogP contribution in [0.5, 0.6) is 5.75 Å². The number of hydrogen-bond donors (Lipinski definition) is 0. The van der Waals surface area contributed by atoms with Crippen molar-refractivity contribution in [1.29, 1.82) is 0 Å². The molecule has 0 amide bonds. The van der Waals surface area contributed by atoms with E-state index in [-0.39, 0.29) is 17.0 Å². The number of rotatable bonds is 6. The number of thioether (sulfide) groups is 1. The summed E-state index contributed by atoms with van der Waals surface area (Å²) in [6.45, 7) is 6.51. The second-order valence-corrected chi connectivity index (χ2v) is 8.07. The average Bonchev–Trinajstić information content (AvgIpc) is 3.14. The van der Waals surface area contributed by atoms with E-state index in [1.807, 2.05) is 12.1 Å². The molecule has 27 heavy (non-hydrogen) atoms. The lowest BCUT2D eigenvalue weighted by Crippen LogP contribution is -2.10. The summed E-state index contributed by atoms with van der Waals surface area (Å²) in [5.41, 5.74) is 2.83. The van der Waals surface area contributed by atoms with Gasteiger partial charge in [0.25, 0.3) is 5.22 Å². The Morgan fingerprint density at radius 1 is 1.04 bits per heavy atom. The number of carbonyl (C=O) groups is 1. The van der Waals surface area contributed by atoms with Crippen LogP contribution in [0.1, 0.15) is 36.7 Å². The summed E-state index contributed by atoms with van der Waals surface area (Å²) >= 11 is 1.24. The summed E-state index contributed by atoms with van der Waals surface area (Å²) in [6, 6.07) is 15.1. The molecule has 3 aromatic rings. The number of carbonyl (C=O) groups excluding carboxylic acids is 1. The zero-order valence-electron chi connectivity index (χ0n) is 15.9. The standard InChI is InChI=1S/C21H22N2O3S/c1-21(2,3)16-9-5-15(6-10-16)19-22-23-20(26-19)27-13-18(24)14-7-11-17(25-4)12-8-14/h5-12H,13H2,1-4H3. The van der Waals surface area contributed by atoms with Gasteiger partial charge in [-0.1, -0.05) is 44.7 Å². The molecule has 0 atom stereocenters. The van der Waals surface area contributed by atoms with Crippen LogP contribution in [-0.2, 0) is 5.41 Å². The highest BCUT2D eigenvalue weighted by molar-refractivity contribution is 7.99. The molecule has 0 fully saturated rings. The van der Waals surface area contributed by atoms with Crippen LogP contribution < -0.4 is 4.74 Å². The van der Waals surface area contributed by atoms with Gasteiger partial charge in [-0.3, -0.25) is 4.79 Å². The first-order valence-corrected chi connectivity index (χ1v) is 9.60. The Labute approximate surface area is 163 Å². The Bertz CT molecular complexity index is 910. The minimum absolute atomic E-state index is 0.00284. The minimum Gasteiger partial charge on any atom is -0.497 e. The summed E-state index contributed by atoms with van der Waals surface area (Å²) in [5.74, 6) is 1.40. The van der Waals surface area contributed by atoms with Gasteiger partial charge in [0.2, 0.25) is 5.89 Å². The van der Waals surface area contributed by atoms with Crippen LogP contribution in [0.4, 0.5) is 0 Å². The molecular formula is C21H22N2O3S. The molecular weight excluding hydrogens is 360 g/mol. The van der Waals surface area contributed by atoms with E-state index in [4.69, 9.17) is 9.15 Å². The molecule has 6 heteroatoms. The van der Waals surface area contributed by atoms with E-state index in [1.54, 1.807) is 31.4 Å². The van der Waals surface area contributed by atoms with Gasteiger partial charge in [0.05, 0.1) is 12.9 Å². The second kappa shape index (κ2) is 7.96. The lowest BCUT2D eigenvalue weighted by atomic mass is 9.87. The fourth-order valence-electron chi connectivity index (χ4n) is 2.49. The third-order valence-corrected chi connectivity index (χ3v) is 4.96. The molecule has 140 valence electrons. The Kier molecular flexibility index (Phi) is 5.65. The Hall–Kier alpha value is -2.60. The van der Waals surface area contributed by atoms with Crippen molar-refractivity contribution in [3.8, 4) is 17.2 Å². The zero-order valence-corrected chi connectivity index (χ0v) is 16.7. The van der Waals surface area contributed by atoms with E-state index in [2.05, 4.69) is 43.1 Å². The summed E-state index contributed by atoms with van der Waals surface area (Å²) < 4.78 is 10.8. The second-order valence-electron chi connectivity index (χ2n) is 7.14. The van der Waals surface area contributed by atoms with E-state index in [0.29, 0.717) is 16.7 Å². The van der Waals surface area contributed by atoms with E-state index in [9.17, 15) is 4.79 Å². The number of methoxy groups -OCH3 is 1. The summed E-state index contributed by atoms with van der Waals surface area (Å²) in [5, 5.41) is 8.50. The van der Waals surface area contributed by atoms with Crippen molar-refractivity contribution in [2.75, 3.05) is 12.9 Å². The minimum atomic E-state index is -0.00284. The number of ketones is 1. The summed E-state index contributed by atoms with van der Waals surface area (Å²) in [6.07, 6.45) is 0. The molecule has 0 radical (unpaired) electrons. The van der Waals surface area contributed by atoms with Gasteiger partial charge >= 0.3 is 0 Å². The molecule has 1 aromatic heterocycles. The number of ether oxygens (including phenoxy) is 1. The quantitative estimate of drug-likeness (QED) is 0.441. The van der Waals surface area contributed by atoms with Crippen molar-refractivity contribution in [2.24, 2.45) is 0 Å². The highest BCUT2D eigenvalue weighted by atomic mass is 32.2. The Morgan fingerprint density at radius 2 is 1.70 bits per heavy atom. The van der Waals surface area contributed by atoms with Crippen LogP contribution in [0.15, 0.2) is 58.2 Å². The van der Waals surface area contributed by atoms with Gasteiger partial charge in [0, 0.05) is 11.1 Å². The molecule has 0 spiro atoms. The molecule has 0 saturated heterocycles. The lowest BCUT2D eigenvalue weighted by molar-refractivity contribution is 0.102. The predicted molar refractivity (Wildman–Crippen MR) is 106 cm³/mol. The maximum absolute atomic E-state index is 12.3. The molecule has 3 rings (SSSR count). The molecule has 0 unspecified atom stereocenters. The first-order chi connectivity index (χ1) is 12.9. The summed E-state index contributed by atoms with van der Waals surface area (Å²) in [4.78, 5) is 12.3.